The maximum absolute atomic E-state index is 11.3. The monoisotopic (exact) mass is 310 g/mol. The first-order chi connectivity index (χ1) is 9.94. The van der Waals surface area contributed by atoms with Crippen LogP contribution in [0.5, 0.6) is 0 Å². The molecule has 1 fully saturated rings. The molecule has 1 atom stereocenters. The topological polar surface area (TPSA) is 40.6 Å². The number of rotatable bonds is 5. The van der Waals surface area contributed by atoms with Gasteiger partial charge in [0, 0.05) is 38.5 Å². The van der Waals surface area contributed by atoms with Gasteiger partial charge in [-0.25, -0.2) is 8.42 Å². The van der Waals surface area contributed by atoms with Gasteiger partial charge >= 0.3 is 0 Å². The Hall–Kier alpha value is -0.910. The molecule has 5 heteroatoms. The summed E-state index contributed by atoms with van der Waals surface area (Å²) in [6.07, 6.45) is 2.41. The van der Waals surface area contributed by atoms with Crippen molar-refractivity contribution in [1.29, 1.82) is 0 Å². The Bertz CT molecular complexity index is 530. The molecular formula is C16H26N2O2S. The molecule has 21 heavy (non-hydrogen) atoms. The van der Waals surface area contributed by atoms with Crippen molar-refractivity contribution in [1.82, 2.24) is 9.80 Å². The zero-order valence-electron chi connectivity index (χ0n) is 13.0. The van der Waals surface area contributed by atoms with Crippen molar-refractivity contribution in [2.75, 3.05) is 38.2 Å². The van der Waals surface area contributed by atoms with Crippen LogP contribution in [0.3, 0.4) is 0 Å². The molecule has 0 spiro atoms. The van der Waals surface area contributed by atoms with Crippen LogP contribution in [-0.4, -0.2) is 62.4 Å². The molecule has 1 aromatic rings. The van der Waals surface area contributed by atoms with Gasteiger partial charge in [-0.2, -0.15) is 0 Å². The molecule has 4 nitrogen and oxygen atoms in total. The second-order valence-corrected chi connectivity index (χ2v) is 8.33. The molecule has 0 amide bonds. The minimum atomic E-state index is -2.87. The van der Waals surface area contributed by atoms with Crippen LogP contribution >= 0.6 is 0 Å². The summed E-state index contributed by atoms with van der Waals surface area (Å²) < 4.78 is 22.6. The van der Waals surface area contributed by atoms with Crippen molar-refractivity contribution >= 4 is 9.84 Å². The maximum atomic E-state index is 11.3. The molecule has 1 saturated heterocycles. The fourth-order valence-electron chi connectivity index (χ4n) is 2.73. The highest BCUT2D eigenvalue weighted by atomic mass is 32.2. The maximum Gasteiger partial charge on any atom is 0.148 e. The van der Waals surface area contributed by atoms with Crippen LogP contribution in [-0.2, 0) is 16.4 Å². The van der Waals surface area contributed by atoms with Crippen molar-refractivity contribution < 1.29 is 8.42 Å². The van der Waals surface area contributed by atoms with Crippen LogP contribution in [0.1, 0.15) is 18.9 Å². The van der Waals surface area contributed by atoms with E-state index in [1.807, 2.05) is 6.07 Å². The number of hydrogen-bond donors (Lipinski definition) is 0. The lowest BCUT2D eigenvalue weighted by Crippen LogP contribution is -2.35. The molecule has 0 bridgehead atoms. The highest BCUT2D eigenvalue weighted by Gasteiger charge is 2.21. The summed E-state index contributed by atoms with van der Waals surface area (Å²) in [4.78, 5) is 4.78. The van der Waals surface area contributed by atoms with Crippen molar-refractivity contribution in [3.8, 4) is 0 Å². The Labute approximate surface area is 128 Å². The van der Waals surface area contributed by atoms with E-state index in [2.05, 4.69) is 41.0 Å². The van der Waals surface area contributed by atoms with E-state index in [4.69, 9.17) is 0 Å². The summed E-state index contributed by atoms with van der Waals surface area (Å²) >= 11 is 0. The Morgan fingerprint density at radius 1 is 1.14 bits per heavy atom. The van der Waals surface area contributed by atoms with E-state index in [-0.39, 0.29) is 5.75 Å². The molecule has 1 aliphatic rings. The van der Waals surface area contributed by atoms with Gasteiger partial charge in [0.05, 0.1) is 5.75 Å². The third kappa shape index (κ3) is 5.77. The van der Waals surface area contributed by atoms with E-state index in [9.17, 15) is 8.42 Å². The first kappa shape index (κ1) is 16.5. The Morgan fingerprint density at radius 2 is 1.86 bits per heavy atom. The SMILES string of the molecule is CC1CCN(CCS(C)(=O)=O)CCN1Cc1ccccc1. The Balaban J connectivity index is 1.88. The average Bonchev–Trinajstić information content (AvgIpc) is 2.60. The van der Waals surface area contributed by atoms with Crippen LogP contribution in [0.15, 0.2) is 30.3 Å². The van der Waals surface area contributed by atoms with Gasteiger partial charge in [-0.3, -0.25) is 4.90 Å². The van der Waals surface area contributed by atoms with Gasteiger partial charge in [0.25, 0.3) is 0 Å². The van der Waals surface area contributed by atoms with E-state index in [0.29, 0.717) is 12.6 Å². The summed E-state index contributed by atoms with van der Waals surface area (Å²) in [5.74, 6) is 0.264. The highest BCUT2D eigenvalue weighted by molar-refractivity contribution is 7.90. The molecule has 118 valence electrons. The molecule has 0 radical (unpaired) electrons. The zero-order valence-corrected chi connectivity index (χ0v) is 13.8. The van der Waals surface area contributed by atoms with Gasteiger partial charge in [0.2, 0.25) is 0 Å². The molecule has 0 aliphatic carbocycles. The van der Waals surface area contributed by atoms with E-state index < -0.39 is 9.84 Å². The smallest absolute Gasteiger partial charge is 0.148 e. The average molecular weight is 310 g/mol. The third-order valence-corrected chi connectivity index (χ3v) is 5.12. The van der Waals surface area contributed by atoms with E-state index >= 15 is 0 Å². The Morgan fingerprint density at radius 3 is 2.52 bits per heavy atom. The van der Waals surface area contributed by atoms with Gasteiger partial charge in [-0.15, -0.1) is 0 Å². The van der Waals surface area contributed by atoms with Crippen LogP contribution in [0.4, 0.5) is 0 Å². The minimum absolute atomic E-state index is 0.264. The number of hydrogen-bond acceptors (Lipinski definition) is 4. The van der Waals surface area contributed by atoms with Crippen molar-refractivity contribution in [3.63, 3.8) is 0 Å². The first-order valence-electron chi connectivity index (χ1n) is 7.62. The van der Waals surface area contributed by atoms with Crippen molar-refractivity contribution in [2.45, 2.75) is 25.9 Å². The second-order valence-electron chi connectivity index (χ2n) is 6.07. The fourth-order valence-corrected chi connectivity index (χ4v) is 3.32. The molecule has 1 heterocycles. The molecular weight excluding hydrogens is 284 g/mol. The third-order valence-electron chi connectivity index (χ3n) is 4.20. The van der Waals surface area contributed by atoms with Crippen molar-refractivity contribution in [2.24, 2.45) is 0 Å². The van der Waals surface area contributed by atoms with E-state index in [0.717, 1.165) is 32.6 Å². The number of benzene rings is 1. The van der Waals surface area contributed by atoms with Gasteiger partial charge in [-0.1, -0.05) is 30.3 Å². The molecule has 1 unspecified atom stereocenters. The lowest BCUT2D eigenvalue weighted by molar-refractivity contribution is 0.206. The summed E-state index contributed by atoms with van der Waals surface area (Å²) in [5, 5.41) is 0. The highest BCUT2D eigenvalue weighted by Crippen LogP contribution is 2.14. The number of sulfone groups is 1. The predicted octanol–water partition coefficient (Wildman–Crippen LogP) is 1.63. The molecule has 1 aromatic carbocycles. The van der Waals surface area contributed by atoms with Crippen LogP contribution in [0.2, 0.25) is 0 Å². The first-order valence-corrected chi connectivity index (χ1v) is 9.68. The summed E-state index contributed by atoms with van der Waals surface area (Å²) in [6, 6.07) is 11.1. The molecule has 0 N–H and O–H groups in total. The summed E-state index contributed by atoms with van der Waals surface area (Å²) in [6.45, 7) is 6.84. The standard InChI is InChI=1S/C16H26N2O2S/c1-15-8-9-17(12-13-21(2,19)20)10-11-18(15)14-16-6-4-3-5-7-16/h3-7,15H,8-14H2,1-2H3. The molecule has 2 rings (SSSR count). The van der Waals surface area contributed by atoms with Crippen LogP contribution in [0.25, 0.3) is 0 Å². The lowest BCUT2D eigenvalue weighted by Gasteiger charge is -2.26. The second kappa shape index (κ2) is 7.38. The largest absolute Gasteiger partial charge is 0.301 e. The summed E-state index contributed by atoms with van der Waals surface area (Å²) in [7, 11) is -2.87. The Kier molecular flexibility index (Phi) is 5.79. The fraction of sp³-hybridized carbons (Fsp3) is 0.625. The normalized spacial score (nSPS) is 22.1. The molecule has 0 saturated carbocycles. The summed E-state index contributed by atoms with van der Waals surface area (Å²) in [5.41, 5.74) is 1.34. The van der Waals surface area contributed by atoms with Gasteiger partial charge in [0.1, 0.15) is 9.84 Å². The van der Waals surface area contributed by atoms with E-state index in [1.54, 1.807) is 0 Å². The minimum Gasteiger partial charge on any atom is -0.301 e. The van der Waals surface area contributed by atoms with Crippen LogP contribution < -0.4 is 0 Å². The van der Waals surface area contributed by atoms with E-state index in [1.165, 1.54) is 11.8 Å². The van der Waals surface area contributed by atoms with Crippen LogP contribution in [0, 0.1) is 0 Å². The zero-order chi connectivity index (χ0) is 15.3. The quantitative estimate of drug-likeness (QED) is 0.829. The number of nitrogens with zero attached hydrogens (tertiary/aromatic N) is 2. The predicted molar refractivity (Wildman–Crippen MR) is 87.1 cm³/mol. The van der Waals surface area contributed by atoms with Gasteiger partial charge in [0.15, 0.2) is 0 Å². The van der Waals surface area contributed by atoms with Gasteiger partial charge in [-0.05, 0) is 25.5 Å². The van der Waals surface area contributed by atoms with Crippen molar-refractivity contribution in [3.05, 3.63) is 35.9 Å². The molecule has 0 aromatic heterocycles. The molecule has 1 aliphatic heterocycles. The van der Waals surface area contributed by atoms with Gasteiger partial charge < -0.3 is 4.90 Å². The lowest BCUT2D eigenvalue weighted by atomic mass is 10.1.